The maximum Gasteiger partial charge on any atom is 0.122 e. The molecule has 1 atom stereocenters. The third kappa shape index (κ3) is 2.31. The fourth-order valence-corrected chi connectivity index (χ4v) is 9.74. The van der Waals surface area contributed by atoms with Gasteiger partial charge < -0.3 is 0 Å². The molecule has 0 nitrogen and oxygen atoms in total. The first-order chi connectivity index (χ1) is 9.63. The van der Waals surface area contributed by atoms with Crippen molar-refractivity contribution >= 4 is 13.5 Å². The SMILES string of the molecule is CC1=C(C)[C@@](C)([PH+](C(C)C)C(C)C)c2c(C)ccc(C)c21. The molecular formula is C20H32P+. The van der Waals surface area contributed by atoms with Gasteiger partial charge in [-0.25, -0.2) is 0 Å². The number of fused-ring (bicyclic) bond motifs is 1. The lowest BCUT2D eigenvalue weighted by atomic mass is 9.91. The van der Waals surface area contributed by atoms with E-state index < -0.39 is 7.92 Å². The Balaban J connectivity index is 2.81. The molecule has 0 N–H and O–H groups in total. The van der Waals surface area contributed by atoms with Gasteiger partial charge in [0.05, 0.1) is 11.3 Å². The van der Waals surface area contributed by atoms with Gasteiger partial charge in [-0.3, -0.25) is 0 Å². The van der Waals surface area contributed by atoms with Crippen LogP contribution in [0.4, 0.5) is 0 Å². The summed E-state index contributed by atoms with van der Waals surface area (Å²) in [5.74, 6) is 0. The Bertz CT molecular complexity index is 584. The molecule has 116 valence electrons. The second-order valence-corrected chi connectivity index (χ2v) is 11.8. The minimum Gasteiger partial charge on any atom is -0.0586 e. The van der Waals surface area contributed by atoms with Crippen molar-refractivity contribution in [2.45, 2.75) is 78.8 Å². The lowest BCUT2D eigenvalue weighted by Gasteiger charge is -2.36. The number of hydrogen-bond donors (Lipinski definition) is 0. The van der Waals surface area contributed by atoms with Crippen LogP contribution in [0.2, 0.25) is 0 Å². The van der Waals surface area contributed by atoms with Gasteiger partial charge in [-0.05, 0) is 90.2 Å². The zero-order valence-electron chi connectivity index (χ0n) is 15.3. The van der Waals surface area contributed by atoms with Crippen LogP contribution >= 0.6 is 7.92 Å². The van der Waals surface area contributed by atoms with Crippen molar-refractivity contribution < 1.29 is 0 Å². The van der Waals surface area contributed by atoms with Gasteiger partial charge in [-0.2, -0.15) is 0 Å². The first kappa shape index (κ1) is 16.8. The molecule has 1 aromatic carbocycles. The minimum absolute atomic E-state index is 0.280. The van der Waals surface area contributed by atoms with E-state index in [0.717, 1.165) is 11.3 Å². The van der Waals surface area contributed by atoms with Gasteiger partial charge in [-0.15, -0.1) is 0 Å². The van der Waals surface area contributed by atoms with Crippen LogP contribution in [0.1, 0.15) is 70.7 Å². The molecule has 0 saturated heterocycles. The monoisotopic (exact) mass is 303 g/mol. The Morgan fingerprint density at radius 1 is 0.857 bits per heavy atom. The normalized spacial score (nSPS) is 21.9. The van der Waals surface area contributed by atoms with Gasteiger partial charge in [0.15, 0.2) is 0 Å². The van der Waals surface area contributed by atoms with E-state index in [1.807, 2.05) is 0 Å². The number of rotatable bonds is 3. The van der Waals surface area contributed by atoms with Crippen molar-refractivity contribution in [1.29, 1.82) is 0 Å². The summed E-state index contributed by atoms with van der Waals surface area (Å²) >= 11 is 0. The maximum atomic E-state index is 2.54. The third-order valence-corrected chi connectivity index (χ3v) is 9.90. The summed E-state index contributed by atoms with van der Waals surface area (Å²) in [7, 11) is -0.544. The summed E-state index contributed by atoms with van der Waals surface area (Å²) in [6, 6.07) is 4.63. The van der Waals surface area contributed by atoms with Gasteiger partial charge >= 0.3 is 0 Å². The molecule has 21 heavy (non-hydrogen) atoms. The molecule has 1 heteroatoms. The van der Waals surface area contributed by atoms with Crippen LogP contribution in [-0.4, -0.2) is 11.3 Å². The highest BCUT2D eigenvalue weighted by molar-refractivity contribution is 7.60. The van der Waals surface area contributed by atoms with Crippen molar-refractivity contribution in [3.8, 4) is 0 Å². The van der Waals surface area contributed by atoms with E-state index in [1.54, 1.807) is 16.7 Å². The summed E-state index contributed by atoms with van der Waals surface area (Å²) in [5, 5.41) is 0.280. The molecule has 0 saturated carbocycles. The molecule has 0 spiro atoms. The summed E-state index contributed by atoms with van der Waals surface area (Å²) in [6.07, 6.45) is 0. The van der Waals surface area contributed by atoms with E-state index in [0.29, 0.717) is 0 Å². The lowest BCUT2D eigenvalue weighted by Crippen LogP contribution is -2.27. The second-order valence-electron chi connectivity index (χ2n) is 7.59. The van der Waals surface area contributed by atoms with E-state index in [1.165, 1.54) is 16.7 Å². The average molecular weight is 303 g/mol. The zero-order chi connectivity index (χ0) is 16.1. The van der Waals surface area contributed by atoms with Crippen LogP contribution in [-0.2, 0) is 5.16 Å². The first-order valence-electron chi connectivity index (χ1n) is 8.30. The number of allylic oxidation sites excluding steroid dienone is 2. The molecule has 1 aromatic rings. The summed E-state index contributed by atoms with van der Waals surface area (Å²) < 4.78 is 0. The van der Waals surface area contributed by atoms with Gasteiger partial charge in [-0.1, -0.05) is 12.1 Å². The highest BCUT2D eigenvalue weighted by Crippen LogP contribution is 2.69. The van der Waals surface area contributed by atoms with Crippen LogP contribution in [0.25, 0.3) is 5.57 Å². The van der Waals surface area contributed by atoms with Crippen molar-refractivity contribution in [3.05, 3.63) is 40.0 Å². The third-order valence-electron chi connectivity index (χ3n) is 5.63. The highest BCUT2D eigenvalue weighted by atomic mass is 31.1. The van der Waals surface area contributed by atoms with Gasteiger partial charge in [0.2, 0.25) is 0 Å². The fraction of sp³-hybridized carbons (Fsp3) is 0.600. The molecular weight excluding hydrogens is 271 g/mol. The standard InChI is InChI=1S/C20H31P/c1-12(2)21(13(3)4)20(9)17(8)16(7)18-14(5)10-11-15(6)19(18)20/h10-13H,1-9H3/p+1/t20-/m1/s1. The Kier molecular flexibility index (Phi) is 4.42. The predicted molar refractivity (Wildman–Crippen MR) is 100 cm³/mol. The van der Waals surface area contributed by atoms with Gasteiger partial charge in [0.25, 0.3) is 0 Å². The van der Waals surface area contributed by atoms with E-state index >= 15 is 0 Å². The van der Waals surface area contributed by atoms with Crippen LogP contribution in [0.15, 0.2) is 17.7 Å². The van der Waals surface area contributed by atoms with Gasteiger partial charge in [0, 0.05) is 13.5 Å². The number of hydrogen-bond acceptors (Lipinski definition) is 0. The van der Waals surface area contributed by atoms with Crippen LogP contribution in [0, 0.1) is 13.8 Å². The van der Waals surface area contributed by atoms with Crippen molar-refractivity contribution in [1.82, 2.24) is 0 Å². The summed E-state index contributed by atoms with van der Waals surface area (Å²) in [6.45, 7) is 21.6. The molecule has 1 aliphatic rings. The Morgan fingerprint density at radius 3 is 1.81 bits per heavy atom. The second kappa shape index (κ2) is 5.54. The molecule has 0 aliphatic heterocycles. The largest absolute Gasteiger partial charge is 0.122 e. The van der Waals surface area contributed by atoms with E-state index in [4.69, 9.17) is 0 Å². The number of aryl methyl sites for hydroxylation is 2. The zero-order valence-corrected chi connectivity index (χ0v) is 16.3. The van der Waals surface area contributed by atoms with E-state index in [9.17, 15) is 0 Å². The minimum atomic E-state index is -0.544. The van der Waals surface area contributed by atoms with E-state index in [2.05, 4.69) is 74.4 Å². The smallest absolute Gasteiger partial charge is 0.0586 e. The maximum absolute atomic E-state index is 2.54. The molecule has 0 unspecified atom stereocenters. The van der Waals surface area contributed by atoms with Crippen molar-refractivity contribution in [3.63, 3.8) is 0 Å². The molecule has 0 heterocycles. The molecule has 0 aromatic heterocycles. The quantitative estimate of drug-likeness (QED) is 0.570. The topological polar surface area (TPSA) is 0 Å². The molecule has 1 aliphatic carbocycles. The lowest BCUT2D eigenvalue weighted by molar-refractivity contribution is 0.773. The molecule has 0 fully saturated rings. The Labute approximate surface area is 132 Å². The van der Waals surface area contributed by atoms with Crippen LogP contribution in [0.3, 0.4) is 0 Å². The average Bonchev–Trinajstić information content (AvgIpc) is 2.56. The van der Waals surface area contributed by atoms with Crippen LogP contribution in [0.5, 0.6) is 0 Å². The van der Waals surface area contributed by atoms with Crippen molar-refractivity contribution in [2.24, 2.45) is 0 Å². The number of benzene rings is 1. The Hall–Kier alpha value is -0.610. The van der Waals surface area contributed by atoms with Crippen molar-refractivity contribution in [2.75, 3.05) is 0 Å². The molecule has 0 radical (unpaired) electrons. The molecule has 2 rings (SSSR count). The fourth-order valence-electron chi connectivity index (χ4n) is 4.87. The molecule has 0 bridgehead atoms. The van der Waals surface area contributed by atoms with E-state index in [-0.39, 0.29) is 5.16 Å². The summed E-state index contributed by atoms with van der Waals surface area (Å²) in [4.78, 5) is 0. The molecule has 0 amide bonds. The Morgan fingerprint density at radius 2 is 1.33 bits per heavy atom. The first-order valence-corrected chi connectivity index (χ1v) is 9.95. The van der Waals surface area contributed by atoms with Gasteiger partial charge in [0.1, 0.15) is 5.16 Å². The summed E-state index contributed by atoms with van der Waals surface area (Å²) in [5.41, 5.74) is 10.9. The predicted octanol–water partition coefficient (Wildman–Crippen LogP) is 6.36. The highest BCUT2D eigenvalue weighted by Gasteiger charge is 2.52. The van der Waals surface area contributed by atoms with Crippen LogP contribution < -0.4 is 0 Å².